The summed E-state index contributed by atoms with van der Waals surface area (Å²) < 4.78 is 48.6. The van der Waals surface area contributed by atoms with E-state index in [1.165, 1.54) is 23.8 Å². The van der Waals surface area contributed by atoms with Gasteiger partial charge in [-0.3, -0.25) is 9.80 Å². The van der Waals surface area contributed by atoms with Gasteiger partial charge in [0, 0.05) is 12.0 Å². The predicted molar refractivity (Wildman–Crippen MR) is 134 cm³/mol. The Hall–Kier alpha value is -3.27. The summed E-state index contributed by atoms with van der Waals surface area (Å²) in [7, 11) is 4.08. The van der Waals surface area contributed by atoms with Gasteiger partial charge < -0.3 is 14.9 Å². The molecule has 10 heteroatoms. The number of rotatable bonds is 7. The minimum atomic E-state index is -4.69. The topological polar surface area (TPSA) is 90.3 Å². The van der Waals surface area contributed by atoms with E-state index in [4.69, 9.17) is 4.74 Å². The van der Waals surface area contributed by atoms with Crippen molar-refractivity contribution in [3.05, 3.63) is 65.2 Å². The summed E-state index contributed by atoms with van der Waals surface area (Å²) >= 11 is 0. The second kappa shape index (κ2) is 10.8. The monoisotopic (exact) mass is 534 g/mol. The largest absolute Gasteiger partial charge is 0.488 e. The lowest BCUT2D eigenvalue weighted by atomic mass is 9.70. The number of benzene rings is 2. The Morgan fingerprint density at radius 1 is 1.05 bits per heavy atom. The van der Waals surface area contributed by atoms with Crippen LogP contribution in [0.25, 0.3) is 0 Å². The molecule has 2 aliphatic rings. The van der Waals surface area contributed by atoms with E-state index in [2.05, 4.69) is 17.0 Å². The van der Waals surface area contributed by atoms with Crippen molar-refractivity contribution >= 4 is 12.1 Å². The molecule has 0 aromatic heterocycles. The Morgan fingerprint density at radius 2 is 1.71 bits per heavy atom. The van der Waals surface area contributed by atoms with Gasteiger partial charge >= 0.3 is 18.2 Å². The van der Waals surface area contributed by atoms with E-state index < -0.39 is 35.9 Å². The number of amides is 1. The molecule has 0 radical (unpaired) electrons. The van der Waals surface area contributed by atoms with Gasteiger partial charge in [-0.2, -0.15) is 13.2 Å². The van der Waals surface area contributed by atoms with Crippen LogP contribution >= 0.6 is 0 Å². The molecule has 0 unspecified atom stereocenters. The van der Waals surface area contributed by atoms with Crippen LogP contribution in [0.2, 0.25) is 0 Å². The van der Waals surface area contributed by atoms with Crippen LogP contribution in [0, 0.1) is 5.92 Å². The Bertz CT molecular complexity index is 1120. The van der Waals surface area contributed by atoms with Crippen LogP contribution in [0.4, 0.5) is 18.0 Å². The quantitative estimate of drug-likeness (QED) is 0.489. The lowest BCUT2D eigenvalue weighted by Gasteiger charge is -2.46. The molecule has 4 rings (SSSR count). The SMILES string of the molecule is CN(C)C1(c2ccccc2)CCC(Cc2cccc(O[C@H]3C[C@@H](C(=O)O)N(C(=O)O)C3)c2C(F)(F)F)CC1. The van der Waals surface area contributed by atoms with E-state index >= 15 is 0 Å². The second-order valence-electron chi connectivity index (χ2n) is 10.5. The summed E-state index contributed by atoms with van der Waals surface area (Å²) in [5.74, 6) is -1.68. The van der Waals surface area contributed by atoms with Crippen LogP contribution in [0.3, 0.4) is 0 Å². The fraction of sp³-hybridized carbons (Fsp3) is 0.500. The molecule has 206 valence electrons. The number of halogens is 3. The molecule has 2 aromatic rings. The summed E-state index contributed by atoms with van der Waals surface area (Å²) in [5, 5.41) is 18.6. The van der Waals surface area contributed by atoms with Gasteiger partial charge in [0.25, 0.3) is 0 Å². The van der Waals surface area contributed by atoms with Gasteiger partial charge in [-0.1, -0.05) is 42.5 Å². The molecule has 38 heavy (non-hydrogen) atoms. The highest BCUT2D eigenvalue weighted by atomic mass is 19.4. The number of nitrogens with zero attached hydrogens (tertiary/aromatic N) is 2. The molecule has 1 aliphatic heterocycles. The van der Waals surface area contributed by atoms with Gasteiger partial charge in [0.2, 0.25) is 0 Å². The molecule has 1 heterocycles. The number of likely N-dealkylation sites (tertiary alicyclic amines) is 1. The lowest BCUT2D eigenvalue weighted by molar-refractivity contribution is -0.142. The average Bonchev–Trinajstić information content (AvgIpc) is 3.29. The summed E-state index contributed by atoms with van der Waals surface area (Å²) in [6.07, 6.45) is -3.91. The summed E-state index contributed by atoms with van der Waals surface area (Å²) in [6, 6.07) is 13.0. The molecular weight excluding hydrogens is 501 g/mol. The number of carbonyl (C=O) groups is 2. The van der Waals surface area contributed by atoms with Crippen molar-refractivity contribution in [2.45, 2.75) is 62.4 Å². The minimum Gasteiger partial charge on any atom is -0.488 e. The van der Waals surface area contributed by atoms with Crippen molar-refractivity contribution in [2.75, 3.05) is 20.6 Å². The highest BCUT2D eigenvalue weighted by Gasteiger charge is 2.44. The van der Waals surface area contributed by atoms with Crippen molar-refractivity contribution in [1.82, 2.24) is 9.80 Å². The van der Waals surface area contributed by atoms with Crippen LogP contribution in [0.5, 0.6) is 5.75 Å². The first kappa shape index (κ1) is 27.8. The minimum absolute atomic E-state index is 0.0634. The van der Waals surface area contributed by atoms with E-state index in [0.29, 0.717) is 4.90 Å². The summed E-state index contributed by atoms with van der Waals surface area (Å²) in [4.78, 5) is 25.8. The van der Waals surface area contributed by atoms with Gasteiger partial charge in [0.1, 0.15) is 23.5 Å². The molecule has 1 saturated carbocycles. The number of carboxylic acid groups (broad SMARTS) is 2. The second-order valence-corrected chi connectivity index (χ2v) is 10.5. The van der Waals surface area contributed by atoms with Crippen LogP contribution in [0.1, 0.15) is 48.8 Å². The zero-order chi connectivity index (χ0) is 27.7. The molecule has 2 fully saturated rings. The summed E-state index contributed by atoms with van der Waals surface area (Å²) in [6.45, 7) is -0.317. The van der Waals surface area contributed by atoms with Crippen LogP contribution < -0.4 is 4.74 Å². The first-order chi connectivity index (χ1) is 17.9. The van der Waals surface area contributed by atoms with E-state index in [1.807, 2.05) is 32.3 Å². The lowest BCUT2D eigenvalue weighted by Crippen LogP contribution is -2.44. The van der Waals surface area contributed by atoms with Crippen molar-refractivity contribution in [3.8, 4) is 5.75 Å². The molecular formula is C28H33F3N2O5. The van der Waals surface area contributed by atoms with Crippen molar-refractivity contribution < 1.29 is 37.7 Å². The molecule has 2 atom stereocenters. The standard InChI is InChI=1S/C28H33F3N2O5/c1-32(2)27(20-8-4-3-5-9-20)13-11-18(12-14-27)15-19-7-6-10-23(24(19)28(29,30)31)38-21-16-22(25(34)35)33(17-21)26(36)37/h3-10,18,21-22H,11-17H2,1-2H3,(H,34,35)(H,36,37)/t18?,21-,22-,27?/m0/s1. The normalized spacial score (nSPS) is 25.9. The first-order valence-electron chi connectivity index (χ1n) is 12.7. The van der Waals surface area contributed by atoms with Gasteiger partial charge in [0.05, 0.1) is 6.54 Å². The third-order valence-corrected chi connectivity index (χ3v) is 8.09. The van der Waals surface area contributed by atoms with Crippen molar-refractivity contribution in [3.63, 3.8) is 0 Å². The van der Waals surface area contributed by atoms with E-state index in [-0.39, 0.29) is 42.2 Å². The molecule has 0 spiro atoms. The predicted octanol–water partition coefficient (Wildman–Crippen LogP) is 5.48. The highest BCUT2D eigenvalue weighted by Crippen LogP contribution is 2.46. The molecule has 0 bridgehead atoms. The number of alkyl halides is 3. The average molecular weight is 535 g/mol. The zero-order valence-corrected chi connectivity index (χ0v) is 21.4. The van der Waals surface area contributed by atoms with Gasteiger partial charge in [0.15, 0.2) is 0 Å². The van der Waals surface area contributed by atoms with E-state index in [9.17, 15) is 33.0 Å². The smallest absolute Gasteiger partial charge is 0.420 e. The maximum absolute atomic E-state index is 14.3. The Morgan fingerprint density at radius 3 is 2.24 bits per heavy atom. The van der Waals surface area contributed by atoms with Crippen LogP contribution in [0.15, 0.2) is 48.5 Å². The number of hydrogen-bond acceptors (Lipinski definition) is 4. The Balaban J connectivity index is 1.53. The van der Waals surface area contributed by atoms with Crippen LogP contribution in [-0.2, 0) is 22.9 Å². The summed E-state index contributed by atoms with van der Waals surface area (Å²) in [5.41, 5.74) is 0.323. The fourth-order valence-electron chi connectivity index (χ4n) is 6.09. The van der Waals surface area contributed by atoms with E-state index in [0.717, 1.165) is 25.7 Å². The zero-order valence-electron chi connectivity index (χ0n) is 21.4. The number of aliphatic carboxylic acids is 1. The van der Waals surface area contributed by atoms with Crippen molar-refractivity contribution in [2.24, 2.45) is 5.92 Å². The molecule has 1 amide bonds. The Kier molecular flexibility index (Phi) is 7.92. The Labute approximate surface area is 219 Å². The number of hydrogen-bond donors (Lipinski definition) is 2. The van der Waals surface area contributed by atoms with Crippen molar-refractivity contribution in [1.29, 1.82) is 0 Å². The van der Waals surface area contributed by atoms with E-state index in [1.54, 1.807) is 0 Å². The first-order valence-corrected chi connectivity index (χ1v) is 12.7. The van der Waals surface area contributed by atoms with Gasteiger partial charge in [-0.15, -0.1) is 0 Å². The maximum atomic E-state index is 14.3. The molecule has 2 N–H and O–H groups in total. The molecule has 1 aliphatic carbocycles. The number of carboxylic acids is 1. The molecule has 1 saturated heterocycles. The third-order valence-electron chi connectivity index (χ3n) is 8.09. The maximum Gasteiger partial charge on any atom is 0.420 e. The highest BCUT2D eigenvalue weighted by molar-refractivity contribution is 5.80. The van der Waals surface area contributed by atoms with Gasteiger partial charge in [-0.25, -0.2) is 9.59 Å². The fourth-order valence-corrected chi connectivity index (χ4v) is 6.09. The molecule has 2 aromatic carbocycles. The third kappa shape index (κ3) is 5.60. The van der Waals surface area contributed by atoms with Crippen LogP contribution in [-0.4, -0.2) is 64.9 Å². The van der Waals surface area contributed by atoms with Gasteiger partial charge in [-0.05, 0) is 69.3 Å². The molecule has 7 nitrogen and oxygen atoms in total. The number of ether oxygens (including phenoxy) is 1.